The molecule has 0 radical (unpaired) electrons. The van der Waals surface area contributed by atoms with E-state index < -0.39 is 17.9 Å². The lowest BCUT2D eigenvalue weighted by Crippen LogP contribution is -2.36. The quantitative estimate of drug-likeness (QED) is 0.643. The lowest BCUT2D eigenvalue weighted by molar-refractivity contribution is -0.135. The van der Waals surface area contributed by atoms with Gasteiger partial charge in [-0.1, -0.05) is 29.8 Å². The third-order valence-corrected chi connectivity index (χ3v) is 3.96. The number of methoxy groups -OCH3 is 1. The van der Waals surface area contributed by atoms with Gasteiger partial charge in [0.05, 0.1) is 19.4 Å². The Morgan fingerprint density at radius 3 is 2.77 bits per heavy atom. The van der Waals surface area contributed by atoms with Crippen LogP contribution in [-0.2, 0) is 9.53 Å². The van der Waals surface area contributed by atoms with Gasteiger partial charge in [-0.2, -0.15) is 0 Å². The van der Waals surface area contributed by atoms with Gasteiger partial charge in [0.25, 0.3) is 5.91 Å². The molecule has 7 nitrogen and oxygen atoms in total. The number of hydrogen-bond acceptors (Lipinski definition) is 6. The lowest BCUT2D eigenvalue weighted by Gasteiger charge is -2.16. The van der Waals surface area contributed by atoms with Crippen LogP contribution in [0.4, 0.5) is 5.69 Å². The van der Waals surface area contributed by atoms with Crippen molar-refractivity contribution in [2.75, 3.05) is 13.7 Å². The highest BCUT2D eigenvalue weighted by molar-refractivity contribution is 6.40. The number of nitrogens with one attached hydrogen (secondary N) is 1. The summed E-state index contributed by atoms with van der Waals surface area (Å²) in [6.45, 7) is 1.92. The Bertz CT molecular complexity index is 898. The molecule has 0 spiro atoms. The molecule has 1 N–H and O–H groups in total. The zero-order valence-corrected chi connectivity index (χ0v) is 14.9. The molecule has 1 atom stereocenters. The average molecular weight is 374 g/mol. The molecule has 1 aliphatic rings. The monoisotopic (exact) mass is 373 g/mol. The van der Waals surface area contributed by atoms with E-state index >= 15 is 0 Å². The Kier molecular flexibility index (Phi) is 5.18. The first-order valence-corrected chi connectivity index (χ1v) is 8.28. The summed E-state index contributed by atoms with van der Waals surface area (Å²) in [4.78, 5) is 33.2. The number of aromatic nitrogens is 1. The fourth-order valence-electron chi connectivity index (χ4n) is 2.61. The van der Waals surface area contributed by atoms with Crippen LogP contribution >= 0.6 is 11.6 Å². The van der Waals surface area contributed by atoms with Crippen LogP contribution in [-0.4, -0.2) is 36.3 Å². The van der Waals surface area contributed by atoms with Gasteiger partial charge in [-0.15, -0.1) is 0 Å². The number of nitrogens with zero attached hydrogens (tertiary/aromatic N) is 2. The molecular weight excluding hydrogens is 358 g/mol. The molecule has 1 aromatic carbocycles. The largest absolute Gasteiger partial charge is 0.481 e. The fourth-order valence-corrected chi connectivity index (χ4v) is 2.81. The molecule has 1 unspecified atom stereocenters. The van der Waals surface area contributed by atoms with E-state index in [2.05, 4.69) is 15.3 Å². The highest BCUT2D eigenvalue weighted by atomic mass is 35.5. The molecule has 3 rings (SSSR count). The number of carbonyl (C=O) groups excluding carboxylic acids is 2. The van der Waals surface area contributed by atoms with Gasteiger partial charge in [0, 0.05) is 17.2 Å². The molecule has 1 aromatic heterocycles. The highest BCUT2D eigenvalue weighted by Crippen LogP contribution is 2.34. The number of benzene rings is 1. The number of fused-ring (bicyclic) bond motifs is 1. The first kappa shape index (κ1) is 17.9. The molecule has 0 saturated heterocycles. The fraction of sp³-hybridized carbons (Fsp3) is 0.222. The number of esters is 1. The highest BCUT2D eigenvalue weighted by Gasteiger charge is 2.34. The second kappa shape index (κ2) is 7.53. The van der Waals surface area contributed by atoms with E-state index in [1.165, 1.54) is 19.2 Å². The molecule has 2 heterocycles. The summed E-state index contributed by atoms with van der Waals surface area (Å²) >= 11 is 5.92. The Balaban J connectivity index is 1.91. The summed E-state index contributed by atoms with van der Waals surface area (Å²) < 4.78 is 10.1. The van der Waals surface area contributed by atoms with Crippen molar-refractivity contribution in [2.24, 2.45) is 4.99 Å². The van der Waals surface area contributed by atoms with E-state index in [0.29, 0.717) is 5.69 Å². The third kappa shape index (κ3) is 3.52. The second-order valence-electron chi connectivity index (χ2n) is 5.40. The minimum absolute atomic E-state index is 0.126. The first-order valence-electron chi connectivity index (χ1n) is 7.90. The summed E-state index contributed by atoms with van der Waals surface area (Å²) in [6, 6.07) is 9.36. The maximum Gasteiger partial charge on any atom is 0.355 e. The average Bonchev–Trinajstić information content (AvgIpc) is 3.00. The van der Waals surface area contributed by atoms with Gasteiger partial charge in [0.2, 0.25) is 5.88 Å². The van der Waals surface area contributed by atoms with Gasteiger partial charge in [0.15, 0.2) is 5.71 Å². The number of rotatable bonds is 5. The molecular formula is C18H16ClN3O4. The van der Waals surface area contributed by atoms with Crippen molar-refractivity contribution < 1.29 is 19.1 Å². The predicted molar refractivity (Wildman–Crippen MR) is 96.2 cm³/mol. The maximum atomic E-state index is 12.7. The summed E-state index contributed by atoms with van der Waals surface area (Å²) in [7, 11) is 1.43. The molecule has 8 heteroatoms. The van der Waals surface area contributed by atoms with Crippen molar-refractivity contribution in [1.29, 1.82) is 0 Å². The molecule has 1 aliphatic heterocycles. The van der Waals surface area contributed by atoms with Crippen molar-refractivity contribution in [3.63, 3.8) is 0 Å². The van der Waals surface area contributed by atoms with E-state index in [0.717, 1.165) is 5.56 Å². The number of halogens is 1. The number of carbonyl (C=O) groups is 2. The minimum Gasteiger partial charge on any atom is -0.481 e. The van der Waals surface area contributed by atoms with Crippen LogP contribution in [0.25, 0.3) is 0 Å². The summed E-state index contributed by atoms with van der Waals surface area (Å²) in [5, 5.41) is 2.93. The minimum atomic E-state index is -0.712. The van der Waals surface area contributed by atoms with Gasteiger partial charge in [-0.25, -0.2) is 14.8 Å². The Labute approximate surface area is 155 Å². The molecule has 1 amide bonds. The van der Waals surface area contributed by atoms with E-state index in [9.17, 15) is 9.59 Å². The van der Waals surface area contributed by atoms with Crippen LogP contribution in [0, 0.1) is 0 Å². The van der Waals surface area contributed by atoms with Crippen LogP contribution in [0.2, 0.25) is 5.15 Å². The Morgan fingerprint density at radius 1 is 1.27 bits per heavy atom. The maximum absolute atomic E-state index is 12.7. The summed E-state index contributed by atoms with van der Waals surface area (Å²) in [6.07, 6.45) is 0. The third-order valence-electron chi connectivity index (χ3n) is 3.76. The number of hydrogen-bond donors (Lipinski definition) is 1. The van der Waals surface area contributed by atoms with Crippen LogP contribution in [0.5, 0.6) is 5.88 Å². The van der Waals surface area contributed by atoms with Gasteiger partial charge >= 0.3 is 5.97 Å². The normalized spacial score (nSPS) is 15.0. The number of para-hydroxylation sites is 1. The number of pyridine rings is 1. The summed E-state index contributed by atoms with van der Waals surface area (Å²) in [5.74, 6) is -0.792. The van der Waals surface area contributed by atoms with Crippen molar-refractivity contribution in [2.45, 2.75) is 13.0 Å². The van der Waals surface area contributed by atoms with Gasteiger partial charge in [-0.3, -0.25) is 4.79 Å². The van der Waals surface area contributed by atoms with Crippen LogP contribution in [0.1, 0.15) is 28.9 Å². The van der Waals surface area contributed by atoms with Crippen LogP contribution in [0.3, 0.4) is 0 Å². The molecule has 134 valence electrons. The van der Waals surface area contributed by atoms with Gasteiger partial charge < -0.3 is 14.8 Å². The Morgan fingerprint density at radius 2 is 2.04 bits per heavy atom. The lowest BCUT2D eigenvalue weighted by atomic mass is 10.0. The van der Waals surface area contributed by atoms with Gasteiger partial charge in [-0.05, 0) is 19.1 Å². The van der Waals surface area contributed by atoms with Crippen LogP contribution < -0.4 is 10.1 Å². The van der Waals surface area contributed by atoms with Crippen molar-refractivity contribution in [3.8, 4) is 5.88 Å². The van der Waals surface area contributed by atoms with E-state index in [-0.39, 0.29) is 28.9 Å². The van der Waals surface area contributed by atoms with Crippen molar-refractivity contribution in [1.82, 2.24) is 10.3 Å². The first-order chi connectivity index (χ1) is 12.5. The SMILES string of the molecule is CCOC(=O)C1=Nc2ccccc2C1NC(=O)c1cc(Cl)nc(OC)c1. The molecule has 0 fully saturated rings. The standard InChI is InChI=1S/C18H16ClN3O4/c1-3-26-18(24)16-15(11-6-4-5-7-12(11)20-16)22-17(23)10-8-13(19)21-14(9-10)25-2/h4-9,15H,3H2,1-2H3,(H,22,23). The smallest absolute Gasteiger partial charge is 0.355 e. The second-order valence-corrected chi connectivity index (χ2v) is 5.79. The number of ether oxygens (including phenoxy) is 2. The van der Waals surface area contributed by atoms with Crippen LogP contribution in [0.15, 0.2) is 41.4 Å². The van der Waals surface area contributed by atoms with E-state index in [4.69, 9.17) is 21.1 Å². The molecule has 0 bridgehead atoms. The Hall–Kier alpha value is -2.93. The zero-order valence-electron chi connectivity index (χ0n) is 14.2. The zero-order chi connectivity index (χ0) is 18.7. The number of aliphatic imine (C=N–C) groups is 1. The molecule has 26 heavy (non-hydrogen) atoms. The van der Waals surface area contributed by atoms with E-state index in [1.807, 2.05) is 12.1 Å². The van der Waals surface area contributed by atoms with Crippen molar-refractivity contribution in [3.05, 3.63) is 52.7 Å². The predicted octanol–water partition coefficient (Wildman–Crippen LogP) is 2.86. The number of amides is 1. The molecule has 2 aromatic rings. The van der Waals surface area contributed by atoms with E-state index in [1.54, 1.807) is 19.1 Å². The van der Waals surface area contributed by atoms with Gasteiger partial charge in [0.1, 0.15) is 11.2 Å². The molecule has 0 aliphatic carbocycles. The summed E-state index contributed by atoms with van der Waals surface area (Å²) in [5.41, 5.74) is 1.73. The molecule has 0 saturated carbocycles. The van der Waals surface area contributed by atoms with Crippen molar-refractivity contribution >= 4 is 34.9 Å². The topological polar surface area (TPSA) is 89.9 Å².